The monoisotopic (exact) mass is 272 g/mol. The van der Waals surface area contributed by atoms with Gasteiger partial charge < -0.3 is 14.8 Å². The van der Waals surface area contributed by atoms with Gasteiger partial charge in [0.25, 0.3) is 5.91 Å². The van der Waals surface area contributed by atoms with Gasteiger partial charge in [-0.1, -0.05) is 0 Å². The zero-order valence-corrected chi connectivity index (χ0v) is 11.1. The topological polar surface area (TPSA) is 95.9 Å². The van der Waals surface area contributed by atoms with E-state index in [0.717, 1.165) is 19.3 Å². The van der Waals surface area contributed by atoms with Crippen LogP contribution in [0.1, 0.15) is 39.0 Å². The molecule has 0 unspecified atom stereocenters. The second-order valence-electron chi connectivity index (χ2n) is 4.72. The molecule has 1 aliphatic heterocycles. The average molecular weight is 272 g/mol. The molecule has 108 valence electrons. The number of carbonyl (C=O) groups excluding carboxylic acids is 2. The summed E-state index contributed by atoms with van der Waals surface area (Å²) in [5.41, 5.74) is 2.07. The van der Waals surface area contributed by atoms with Crippen LogP contribution in [0.4, 0.5) is 4.79 Å². The van der Waals surface area contributed by atoms with E-state index in [-0.39, 0.29) is 5.91 Å². The van der Waals surface area contributed by atoms with Gasteiger partial charge in [-0.15, -0.1) is 0 Å². The number of carbonyl (C=O) groups is 3. The summed E-state index contributed by atoms with van der Waals surface area (Å²) < 4.78 is 0. The van der Waals surface area contributed by atoms with Crippen LogP contribution in [0.25, 0.3) is 0 Å². The van der Waals surface area contributed by atoms with Crippen LogP contribution >= 0.6 is 0 Å². The van der Waals surface area contributed by atoms with Crippen LogP contribution in [0.2, 0.25) is 0 Å². The van der Waals surface area contributed by atoms with E-state index in [9.17, 15) is 14.4 Å². The summed E-state index contributed by atoms with van der Waals surface area (Å²) in [6, 6.07) is 0. The van der Waals surface area contributed by atoms with E-state index in [2.05, 4.69) is 10.3 Å². The highest BCUT2D eigenvalue weighted by Crippen LogP contribution is 2.22. The van der Waals surface area contributed by atoms with Crippen molar-refractivity contribution in [3.63, 3.8) is 0 Å². The summed E-state index contributed by atoms with van der Waals surface area (Å²) in [5, 5.41) is 8.81. The van der Waals surface area contributed by atoms with Crippen LogP contribution in [0.5, 0.6) is 0 Å². The predicted octanol–water partition coefficient (Wildman–Crippen LogP) is 1.14. The number of rotatable bonds is 4. The molecule has 1 fully saturated rings. The van der Waals surface area contributed by atoms with Crippen molar-refractivity contribution in [1.82, 2.24) is 10.4 Å². The molecule has 19 heavy (non-hydrogen) atoms. The molecule has 0 aromatic rings. The third kappa shape index (κ3) is 6.08. The molecule has 0 aromatic carbocycles. The molecule has 0 saturated carbocycles. The maximum Gasteiger partial charge on any atom is 0.407 e. The Bertz CT molecular complexity index is 337. The number of hydrogen-bond donors (Lipinski definition) is 2. The lowest BCUT2D eigenvalue weighted by molar-refractivity contribution is -0.156. The van der Waals surface area contributed by atoms with Crippen molar-refractivity contribution in [3.8, 4) is 0 Å². The Morgan fingerprint density at radius 2 is 1.95 bits per heavy atom. The van der Waals surface area contributed by atoms with Gasteiger partial charge in [-0.05, 0) is 31.6 Å². The molecular formula is C12H20N2O5. The highest BCUT2D eigenvalue weighted by atomic mass is 16.7. The van der Waals surface area contributed by atoms with Crippen molar-refractivity contribution in [2.45, 2.75) is 39.0 Å². The Morgan fingerprint density at radius 1 is 1.32 bits per heavy atom. The van der Waals surface area contributed by atoms with Crippen LogP contribution in [0.3, 0.4) is 0 Å². The molecular weight excluding hydrogens is 252 g/mol. The molecule has 0 aromatic heterocycles. The molecule has 1 heterocycles. The first-order valence-corrected chi connectivity index (χ1v) is 6.43. The van der Waals surface area contributed by atoms with Crippen LogP contribution in [0, 0.1) is 5.92 Å². The minimum Gasteiger partial charge on any atom is -0.465 e. The van der Waals surface area contributed by atoms with Gasteiger partial charge in [0.05, 0.1) is 0 Å². The smallest absolute Gasteiger partial charge is 0.407 e. The first-order chi connectivity index (χ1) is 8.99. The maximum atomic E-state index is 11.3. The van der Waals surface area contributed by atoms with Gasteiger partial charge in [-0.3, -0.25) is 9.59 Å². The summed E-state index contributed by atoms with van der Waals surface area (Å²) in [5.74, 6) is -0.385. The Morgan fingerprint density at radius 3 is 2.47 bits per heavy atom. The second kappa shape index (κ2) is 7.60. The molecule has 7 heteroatoms. The SMILES string of the molecule is CC(=O)ONC(=O)CCCC1CCN(C(=O)O)CC1. The molecule has 0 atom stereocenters. The summed E-state index contributed by atoms with van der Waals surface area (Å²) in [4.78, 5) is 38.2. The standard InChI is InChI=1S/C12H20N2O5/c1-9(15)19-13-11(16)4-2-3-10-5-7-14(8-6-10)12(17)18/h10H,2-8H2,1H3,(H,13,16)(H,17,18). The summed E-state index contributed by atoms with van der Waals surface area (Å²) in [6.45, 7) is 2.36. The Kier molecular flexibility index (Phi) is 6.11. The van der Waals surface area contributed by atoms with E-state index in [1.807, 2.05) is 0 Å². The number of carboxylic acid groups (broad SMARTS) is 1. The summed E-state index contributed by atoms with van der Waals surface area (Å²) >= 11 is 0. The zero-order valence-electron chi connectivity index (χ0n) is 11.1. The molecule has 1 rings (SSSR count). The highest BCUT2D eigenvalue weighted by Gasteiger charge is 2.21. The number of nitrogens with one attached hydrogen (secondary N) is 1. The Labute approximate surface area is 111 Å². The molecule has 0 aliphatic carbocycles. The first kappa shape index (κ1) is 15.3. The third-order valence-electron chi connectivity index (χ3n) is 3.21. The van der Waals surface area contributed by atoms with E-state index in [1.165, 1.54) is 11.8 Å². The van der Waals surface area contributed by atoms with E-state index >= 15 is 0 Å². The van der Waals surface area contributed by atoms with E-state index in [1.54, 1.807) is 0 Å². The largest absolute Gasteiger partial charge is 0.465 e. The Balaban J connectivity index is 2.09. The molecule has 2 N–H and O–H groups in total. The predicted molar refractivity (Wildman–Crippen MR) is 66.1 cm³/mol. The van der Waals surface area contributed by atoms with Gasteiger partial charge >= 0.3 is 12.1 Å². The van der Waals surface area contributed by atoms with Crippen LogP contribution < -0.4 is 5.48 Å². The molecule has 0 bridgehead atoms. The van der Waals surface area contributed by atoms with Crippen molar-refractivity contribution in [3.05, 3.63) is 0 Å². The quantitative estimate of drug-likeness (QED) is 0.748. The number of amides is 2. The molecule has 7 nitrogen and oxygen atoms in total. The number of hydrogen-bond acceptors (Lipinski definition) is 4. The second-order valence-corrected chi connectivity index (χ2v) is 4.72. The van der Waals surface area contributed by atoms with E-state index in [4.69, 9.17) is 5.11 Å². The fraction of sp³-hybridized carbons (Fsp3) is 0.750. The van der Waals surface area contributed by atoms with Gasteiger partial charge in [-0.25, -0.2) is 4.79 Å². The van der Waals surface area contributed by atoms with Crippen molar-refractivity contribution < 1.29 is 24.3 Å². The number of likely N-dealkylation sites (tertiary alicyclic amines) is 1. The fourth-order valence-corrected chi connectivity index (χ4v) is 2.14. The Hall–Kier alpha value is -1.79. The van der Waals surface area contributed by atoms with Crippen molar-refractivity contribution in [1.29, 1.82) is 0 Å². The van der Waals surface area contributed by atoms with Crippen LogP contribution in [-0.2, 0) is 14.4 Å². The fourth-order valence-electron chi connectivity index (χ4n) is 2.14. The van der Waals surface area contributed by atoms with Gasteiger partial charge in [0, 0.05) is 26.4 Å². The molecule has 2 amide bonds. The molecule has 1 aliphatic rings. The summed E-state index contributed by atoms with van der Waals surface area (Å²) in [6.07, 6.45) is 2.74. The van der Waals surface area contributed by atoms with Gasteiger partial charge in [-0.2, -0.15) is 5.48 Å². The van der Waals surface area contributed by atoms with Crippen LogP contribution in [0.15, 0.2) is 0 Å². The van der Waals surface area contributed by atoms with Crippen molar-refractivity contribution in [2.24, 2.45) is 5.92 Å². The first-order valence-electron chi connectivity index (χ1n) is 6.43. The normalized spacial score (nSPS) is 15.9. The highest BCUT2D eigenvalue weighted by molar-refractivity contribution is 5.77. The van der Waals surface area contributed by atoms with E-state index < -0.39 is 12.1 Å². The van der Waals surface area contributed by atoms with Gasteiger partial charge in [0.2, 0.25) is 0 Å². The third-order valence-corrected chi connectivity index (χ3v) is 3.21. The van der Waals surface area contributed by atoms with E-state index in [0.29, 0.717) is 31.8 Å². The average Bonchev–Trinajstić information content (AvgIpc) is 2.37. The number of nitrogens with zero attached hydrogens (tertiary/aromatic N) is 1. The van der Waals surface area contributed by atoms with Gasteiger partial charge in [0.15, 0.2) is 0 Å². The van der Waals surface area contributed by atoms with Crippen molar-refractivity contribution >= 4 is 18.0 Å². The lowest BCUT2D eigenvalue weighted by Gasteiger charge is -2.29. The lowest BCUT2D eigenvalue weighted by Crippen LogP contribution is -2.37. The summed E-state index contributed by atoms with van der Waals surface area (Å²) in [7, 11) is 0. The zero-order chi connectivity index (χ0) is 14.3. The lowest BCUT2D eigenvalue weighted by atomic mass is 9.92. The minimum absolute atomic E-state index is 0.307. The molecule has 0 radical (unpaired) electrons. The van der Waals surface area contributed by atoms with Crippen molar-refractivity contribution in [2.75, 3.05) is 13.1 Å². The minimum atomic E-state index is -0.862. The molecule has 1 saturated heterocycles. The van der Waals surface area contributed by atoms with Gasteiger partial charge in [0.1, 0.15) is 0 Å². The number of piperidine rings is 1. The van der Waals surface area contributed by atoms with Crippen LogP contribution in [-0.4, -0.2) is 41.1 Å². The number of hydroxylamine groups is 1. The maximum absolute atomic E-state index is 11.3. The molecule has 0 spiro atoms.